The molecular weight excluding hydrogens is 352 g/mol. The van der Waals surface area contributed by atoms with E-state index in [1.54, 1.807) is 0 Å². The molecule has 0 amide bonds. The second-order valence-electron chi connectivity index (χ2n) is 7.59. The highest BCUT2D eigenvalue weighted by molar-refractivity contribution is 5.79. The number of allylic oxidation sites excluding steroid dienone is 2. The van der Waals surface area contributed by atoms with E-state index in [1.807, 2.05) is 0 Å². The van der Waals surface area contributed by atoms with Crippen molar-refractivity contribution in [2.75, 3.05) is 6.61 Å². The summed E-state index contributed by atoms with van der Waals surface area (Å²) in [6.07, 6.45) is 22.5. The topological polar surface area (TPSA) is 63.6 Å². The summed E-state index contributed by atoms with van der Waals surface area (Å²) < 4.78 is 5.00. The van der Waals surface area contributed by atoms with E-state index in [2.05, 4.69) is 25.7 Å². The minimum Gasteiger partial charge on any atom is -0.481 e. The lowest BCUT2D eigenvalue weighted by Crippen LogP contribution is -2.21. The van der Waals surface area contributed by atoms with Crippen LogP contribution in [0.2, 0.25) is 0 Å². The van der Waals surface area contributed by atoms with E-state index < -0.39 is 17.9 Å². The molecule has 4 heteroatoms. The minimum absolute atomic E-state index is 0.138. The zero-order chi connectivity index (χ0) is 20.9. The largest absolute Gasteiger partial charge is 0.481 e. The molecule has 1 N–H and O–H groups in total. The molecule has 0 rings (SSSR count). The zero-order valence-corrected chi connectivity index (χ0v) is 18.0. The fourth-order valence-corrected chi connectivity index (χ4v) is 3.23. The van der Waals surface area contributed by atoms with E-state index in [4.69, 9.17) is 9.84 Å². The van der Waals surface area contributed by atoms with Gasteiger partial charge in [0, 0.05) is 0 Å². The summed E-state index contributed by atoms with van der Waals surface area (Å²) in [7, 11) is 0. The van der Waals surface area contributed by atoms with Gasteiger partial charge < -0.3 is 9.84 Å². The van der Waals surface area contributed by atoms with Crippen LogP contribution in [0.3, 0.4) is 0 Å². The van der Waals surface area contributed by atoms with Crippen LogP contribution in [0.15, 0.2) is 24.8 Å². The van der Waals surface area contributed by atoms with Gasteiger partial charge in [-0.2, -0.15) is 0 Å². The van der Waals surface area contributed by atoms with E-state index in [0.29, 0.717) is 6.42 Å². The standard InChI is InChI=1S/C24H42O4/c1-3-5-6-7-8-9-10-11-12-13-14-15-16-17-18-19-22(21-23(25)26)24(27)28-20-4-2/h4,13-14,22H,2-3,5-12,15-21H2,1H3,(H,25,26)/b14-13+. The molecule has 0 fully saturated rings. The average molecular weight is 395 g/mol. The number of carboxylic acid groups (broad SMARTS) is 1. The van der Waals surface area contributed by atoms with Crippen molar-refractivity contribution in [1.82, 2.24) is 0 Å². The molecule has 0 saturated heterocycles. The molecule has 0 spiro atoms. The Bertz CT molecular complexity index is 428. The molecule has 0 aromatic rings. The second-order valence-corrected chi connectivity index (χ2v) is 7.59. The van der Waals surface area contributed by atoms with Crippen molar-refractivity contribution in [1.29, 1.82) is 0 Å². The van der Waals surface area contributed by atoms with Crippen molar-refractivity contribution in [2.24, 2.45) is 5.92 Å². The third kappa shape index (κ3) is 17.8. The number of rotatable bonds is 20. The highest BCUT2D eigenvalue weighted by atomic mass is 16.5. The molecule has 0 saturated carbocycles. The summed E-state index contributed by atoms with van der Waals surface area (Å²) in [6, 6.07) is 0. The Hall–Kier alpha value is -1.58. The van der Waals surface area contributed by atoms with Gasteiger partial charge in [0.05, 0.1) is 12.3 Å². The van der Waals surface area contributed by atoms with Gasteiger partial charge in [0.15, 0.2) is 0 Å². The lowest BCUT2D eigenvalue weighted by Gasteiger charge is -2.13. The van der Waals surface area contributed by atoms with Crippen molar-refractivity contribution in [3.05, 3.63) is 24.8 Å². The number of carbonyl (C=O) groups is 2. The molecule has 4 nitrogen and oxygen atoms in total. The number of hydrogen-bond donors (Lipinski definition) is 1. The number of carboxylic acids is 1. The number of esters is 1. The Kier molecular flexibility index (Phi) is 19.0. The Balaban J connectivity index is 3.63. The number of ether oxygens (including phenoxy) is 1. The van der Waals surface area contributed by atoms with Crippen LogP contribution in [-0.2, 0) is 14.3 Å². The Labute approximate surface area is 172 Å². The molecule has 1 unspecified atom stereocenters. The van der Waals surface area contributed by atoms with E-state index in [0.717, 1.165) is 25.7 Å². The first-order valence-corrected chi connectivity index (χ1v) is 11.3. The maximum absolute atomic E-state index is 11.9. The van der Waals surface area contributed by atoms with Gasteiger partial charge in [0.2, 0.25) is 0 Å². The lowest BCUT2D eigenvalue weighted by molar-refractivity contribution is -0.152. The number of unbranched alkanes of at least 4 members (excludes halogenated alkanes) is 11. The van der Waals surface area contributed by atoms with Gasteiger partial charge in [0.1, 0.15) is 6.61 Å². The molecule has 0 aliphatic rings. The summed E-state index contributed by atoms with van der Waals surface area (Å²) in [5.74, 6) is -1.92. The first kappa shape index (κ1) is 26.4. The van der Waals surface area contributed by atoms with Crippen molar-refractivity contribution in [3.63, 3.8) is 0 Å². The number of carbonyl (C=O) groups excluding carboxylic acids is 1. The molecule has 162 valence electrons. The van der Waals surface area contributed by atoms with Crippen molar-refractivity contribution in [3.8, 4) is 0 Å². The molecule has 0 heterocycles. The van der Waals surface area contributed by atoms with Gasteiger partial charge >= 0.3 is 11.9 Å². The molecule has 28 heavy (non-hydrogen) atoms. The molecule has 0 aliphatic carbocycles. The van der Waals surface area contributed by atoms with Crippen molar-refractivity contribution < 1.29 is 19.4 Å². The van der Waals surface area contributed by atoms with Crippen LogP contribution >= 0.6 is 0 Å². The zero-order valence-electron chi connectivity index (χ0n) is 18.0. The van der Waals surface area contributed by atoms with Crippen molar-refractivity contribution in [2.45, 2.75) is 103 Å². The predicted octanol–water partition coefficient (Wildman–Crippen LogP) is 6.84. The minimum atomic E-state index is -0.954. The summed E-state index contributed by atoms with van der Waals surface area (Å²) >= 11 is 0. The van der Waals surface area contributed by atoms with Crippen LogP contribution in [0.1, 0.15) is 103 Å². The third-order valence-corrected chi connectivity index (χ3v) is 4.91. The summed E-state index contributed by atoms with van der Waals surface area (Å²) in [4.78, 5) is 22.8. The van der Waals surface area contributed by atoms with E-state index in [-0.39, 0.29) is 13.0 Å². The normalized spacial score (nSPS) is 12.2. The molecule has 0 bridgehead atoms. The number of aliphatic carboxylic acids is 1. The smallest absolute Gasteiger partial charge is 0.309 e. The molecule has 0 aromatic carbocycles. The highest BCUT2D eigenvalue weighted by Gasteiger charge is 2.22. The van der Waals surface area contributed by atoms with E-state index in [1.165, 1.54) is 63.9 Å². The SMILES string of the molecule is C=CCOC(=O)C(CCCCC/C=C/CCCCCCCCCC)CC(=O)O. The first-order chi connectivity index (χ1) is 13.6. The monoisotopic (exact) mass is 394 g/mol. The maximum atomic E-state index is 11.9. The molecule has 0 aromatic heterocycles. The van der Waals surface area contributed by atoms with E-state index in [9.17, 15) is 9.59 Å². The van der Waals surface area contributed by atoms with Crippen molar-refractivity contribution >= 4 is 11.9 Å². The number of hydrogen-bond acceptors (Lipinski definition) is 3. The third-order valence-electron chi connectivity index (χ3n) is 4.91. The predicted molar refractivity (Wildman–Crippen MR) is 116 cm³/mol. The molecular formula is C24H42O4. The van der Waals surface area contributed by atoms with Crippen LogP contribution in [0.4, 0.5) is 0 Å². The quantitative estimate of drug-likeness (QED) is 0.139. The van der Waals surface area contributed by atoms with Crippen LogP contribution in [-0.4, -0.2) is 23.7 Å². The van der Waals surface area contributed by atoms with Crippen LogP contribution < -0.4 is 0 Å². The summed E-state index contributed by atoms with van der Waals surface area (Å²) in [5, 5.41) is 8.95. The second kappa shape index (κ2) is 20.2. The first-order valence-electron chi connectivity index (χ1n) is 11.3. The fraction of sp³-hybridized carbons (Fsp3) is 0.750. The average Bonchev–Trinajstić information content (AvgIpc) is 2.67. The van der Waals surface area contributed by atoms with Gasteiger partial charge in [-0.25, -0.2) is 0 Å². The van der Waals surface area contributed by atoms with Gasteiger partial charge in [0.25, 0.3) is 0 Å². The molecule has 1 atom stereocenters. The van der Waals surface area contributed by atoms with Gasteiger partial charge in [-0.3, -0.25) is 9.59 Å². The van der Waals surface area contributed by atoms with Crippen LogP contribution in [0.25, 0.3) is 0 Å². The van der Waals surface area contributed by atoms with E-state index >= 15 is 0 Å². The lowest BCUT2D eigenvalue weighted by atomic mass is 9.97. The Morgan fingerprint density at radius 1 is 0.893 bits per heavy atom. The van der Waals surface area contributed by atoms with Gasteiger partial charge in [-0.05, 0) is 32.1 Å². The van der Waals surface area contributed by atoms with Gasteiger partial charge in [-0.15, -0.1) is 0 Å². The Morgan fingerprint density at radius 3 is 1.96 bits per heavy atom. The Morgan fingerprint density at radius 2 is 1.43 bits per heavy atom. The highest BCUT2D eigenvalue weighted by Crippen LogP contribution is 2.17. The van der Waals surface area contributed by atoms with Gasteiger partial charge in [-0.1, -0.05) is 89.5 Å². The molecule has 0 radical (unpaired) electrons. The fourth-order valence-electron chi connectivity index (χ4n) is 3.23. The van der Waals surface area contributed by atoms with Crippen LogP contribution in [0, 0.1) is 5.92 Å². The molecule has 0 aliphatic heterocycles. The summed E-state index contributed by atoms with van der Waals surface area (Å²) in [5.41, 5.74) is 0. The maximum Gasteiger partial charge on any atom is 0.309 e. The summed E-state index contributed by atoms with van der Waals surface area (Å²) in [6.45, 7) is 5.89. The van der Waals surface area contributed by atoms with Crippen LogP contribution in [0.5, 0.6) is 0 Å².